The normalized spacial score (nSPS) is 11.5. The van der Waals surface area contributed by atoms with E-state index >= 15 is 0 Å². The summed E-state index contributed by atoms with van der Waals surface area (Å²) >= 11 is 1.67. The molecule has 0 aliphatic carbocycles. The van der Waals surface area contributed by atoms with Crippen LogP contribution >= 0.6 is 11.3 Å². The molecule has 5 rings (SSSR count). The number of hydrogen-bond acceptors (Lipinski definition) is 4. The summed E-state index contributed by atoms with van der Waals surface area (Å²) in [5, 5.41) is 2.29. The van der Waals surface area contributed by atoms with Crippen molar-refractivity contribution in [2.24, 2.45) is 0 Å². The van der Waals surface area contributed by atoms with E-state index < -0.39 is 0 Å². The van der Waals surface area contributed by atoms with E-state index in [1.807, 2.05) is 18.2 Å². The molecule has 0 bridgehead atoms. The van der Waals surface area contributed by atoms with Gasteiger partial charge in [-0.3, -0.25) is 4.98 Å². The van der Waals surface area contributed by atoms with Gasteiger partial charge in [0.15, 0.2) is 0 Å². The Labute approximate surface area is 136 Å². The van der Waals surface area contributed by atoms with Gasteiger partial charge in [-0.05, 0) is 18.2 Å². The minimum Gasteiger partial charge on any atom is -0.251 e. The van der Waals surface area contributed by atoms with E-state index in [4.69, 9.17) is 4.98 Å². The third kappa shape index (κ3) is 1.92. The quantitative estimate of drug-likeness (QED) is 0.434. The SMILES string of the molecule is c1ccc2nc(-c3cccc4sc5nccnc5c34)ccc2c1. The van der Waals surface area contributed by atoms with Crippen LogP contribution in [0.2, 0.25) is 0 Å². The number of nitrogens with zero attached hydrogens (tertiary/aromatic N) is 3. The maximum absolute atomic E-state index is 4.84. The van der Waals surface area contributed by atoms with Gasteiger partial charge in [-0.15, -0.1) is 11.3 Å². The first-order valence-electron chi connectivity index (χ1n) is 7.38. The molecule has 0 saturated heterocycles. The molecular formula is C19H11N3S. The lowest BCUT2D eigenvalue weighted by Gasteiger charge is -2.05. The Kier molecular flexibility index (Phi) is 2.66. The summed E-state index contributed by atoms with van der Waals surface area (Å²) in [6.07, 6.45) is 3.49. The molecular weight excluding hydrogens is 302 g/mol. The summed E-state index contributed by atoms with van der Waals surface area (Å²) in [7, 11) is 0. The minimum atomic E-state index is 0.957. The lowest BCUT2D eigenvalue weighted by molar-refractivity contribution is 1.32. The number of para-hydroxylation sites is 1. The predicted octanol–water partition coefficient (Wildman–Crippen LogP) is 5.06. The highest BCUT2D eigenvalue weighted by Crippen LogP contribution is 2.37. The predicted molar refractivity (Wildman–Crippen MR) is 95.7 cm³/mol. The van der Waals surface area contributed by atoms with Crippen LogP contribution < -0.4 is 0 Å². The summed E-state index contributed by atoms with van der Waals surface area (Å²) in [4.78, 5) is 14.8. The molecule has 0 radical (unpaired) electrons. The highest BCUT2D eigenvalue weighted by Gasteiger charge is 2.13. The second kappa shape index (κ2) is 4.83. The van der Waals surface area contributed by atoms with Gasteiger partial charge in [0, 0.05) is 33.4 Å². The van der Waals surface area contributed by atoms with Gasteiger partial charge in [0.05, 0.1) is 11.2 Å². The summed E-state index contributed by atoms with van der Waals surface area (Å²) < 4.78 is 1.19. The molecule has 0 saturated carbocycles. The van der Waals surface area contributed by atoms with Crippen molar-refractivity contribution in [1.82, 2.24) is 15.0 Å². The molecule has 0 atom stereocenters. The maximum atomic E-state index is 4.84. The smallest absolute Gasteiger partial charge is 0.143 e. The van der Waals surface area contributed by atoms with Crippen LogP contribution in [0.1, 0.15) is 0 Å². The number of rotatable bonds is 1. The van der Waals surface area contributed by atoms with Crippen LogP contribution in [-0.2, 0) is 0 Å². The van der Waals surface area contributed by atoms with Gasteiger partial charge in [-0.2, -0.15) is 0 Å². The van der Waals surface area contributed by atoms with Gasteiger partial charge >= 0.3 is 0 Å². The van der Waals surface area contributed by atoms with E-state index in [9.17, 15) is 0 Å². The number of thiophene rings is 1. The molecule has 3 heterocycles. The molecule has 0 amide bonds. The first-order chi connectivity index (χ1) is 11.4. The standard InChI is InChI=1S/C19H11N3S/c1-2-6-14-12(4-1)8-9-15(22-14)13-5-3-7-16-17(13)18-19(23-16)21-11-10-20-18/h1-11H. The van der Waals surface area contributed by atoms with E-state index in [0.29, 0.717) is 0 Å². The maximum Gasteiger partial charge on any atom is 0.143 e. The number of pyridine rings is 1. The Balaban J connectivity index is 1.87. The first-order valence-corrected chi connectivity index (χ1v) is 8.20. The van der Waals surface area contributed by atoms with Gasteiger partial charge in [-0.1, -0.05) is 36.4 Å². The van der Waals surface area contributed by atoms with Crippen LogP contribution in [0.3, 0.4) is 0 Å². The van der Waals surface area contributed by atoms with E-state index in [0.717, 1.165) is 37.9 Å². The zero-order chi connectivity index (χ0) is 15.2. The second-order valence-electron chi connectivity index (χ2n) is 5.38. The van der Waals surface area contributed by atoms with Gasteiger partial charge < -0.3 is 0 Å². The Bertz CT molecular complexity index is 1180. The largest absolute Gasteiger partial charge is 0.251 e. The highest BCUT2D eigenvalue weighted by molar-refractivity contribution is 7.25. The molecule has 3 aromatic heterocycles. The Morgan fingerprint density at radius 1 is 0.783 bits per heavy atom. The molecule has 0 unspecified atom stereocenters. The molecule has 0 aliphatic heterocycles. The van der Waals surface area contributed by atoms with Crippen molar-refractivity contribution in [2.45, 2.75) is 0 Å². The molecule has 2 aromatic carbocycles. The van der Waals surface area contributed by atoms with Gasteiger partial charge in [0.2, 0.25) is 0 Å². The van der Waals surface area contributed by atoms with E-state index in [2.05, 4.69) is 46.4 Å². The minimum absolute atomic E-state index is 0.957. The summed E-state index contributed by atoms with van der Waals surface area (Å²) in [6, 6.07) is 18.7. The lowest BCUT2D eigenvalue weighted by Crippen LogP contribution is -1.86. The Morgan fingerprint density at radius 3 is 2.70 bits per heavy atom. The van der Waals surface area contributed by atoms with E-state index in [1.54, 1.807) is 23.7 Å². The summed E-state index contributed by atoms with van der Waals surface area (Å²) in [6.45, 7) is 0. The summed E-state index contributed by atoms with van der Waals surface area (Å²) in [5.74, 6) is 0. The molecule has 3 nitrogen and oxygen atoms in total. The zero-order valence-electron chi connectivity index (χ0n) is 12.1. The second-order valence-corrected chi connectivity index (χ2v) is 6.41. The highest BCUT2D eigenvalue weighted by atomic mass is 32.1. The van der Waals surface area contributed by atoms with Crippen molar-refractivity contribution >= 4 is 42.7 Å². The zero-order valence-corrected chi connectivity index (χ0v) is 12.9. The summed E-state index contributed by atoms with van der Waals surface area (Å²) in [5.41, 5.74) is 4.05. The van der Waals surface area contributed by atoms with Crippen molar-refractivity contribution in [3.63, 3.8) is 0 Å². The first kappa shape index (κ1) is 12.7. The van der Waals surface area contributed by atoms with Crippen LogP contribution in [0.4, 0.5) is 0 Å². The van der Waals surface area contributed by atoms with Gasteiger partial charge in [0.1, 0.15) is 10.3 Å². The van der Waals surface area contributed by atoms with Crippen molar-refractivity contribution in [3.05, 3.63) is 67.0 Å². The number of fused-ring (bicyclic) bond motifs is 4. The van der Waals surface area contributed by atoms with Crippen molar-refractivity contribution in [2.75, 3.05) is 0 Å². The average molecular weight is 313 g/mol. The molecule has 0 aliphatic rings. The molecule has 108 valence electrons. The van der Waals surface area contributed by atoms with Crippen molar-refractivity contribution in [3.8, 4) is 11.3 Å². The Hall–Kier alpha value is -2.85. The van der Waals surface area contributed by atoms with Crippen LogP contribution in [0.15, 0.2) is 67.0 Å². The van der Waals surface area contributed by atoms with Gasteiger partial charge in [-0.25, -0.2) is 9.97 Å². The van der Waals surface area contributed by atoms with E-state index in [1.165, 1.54) is 4.70 Å². The average Bonchev–Trinajstić information content (AvgIpc) is 3.00. The molecule has 0 N–H and O–H groups in total. The number of benzene rings is 2. The third-order valence-electron chi connectivity index (χ3n) is 4.01. The van der Waals surface area contributed by atoms with Gasteiger partial charge in [0.25, 0.3) is 0 Å². The number of hydrogen-bond donors (Lipinski definition) is 0. The number of aromatic nitrogens is 3. The van der Waals surface area contributed by atoms with Crippen molar-refractivity contribution < 1.29 is 0 Å². The Morgan fingerprint density at radius 2 is 1.70 bits per heavy atom. The van der Waals surface area contributed by atoms with Crippen LogP contribution in [0.25, 0.3) is 42.6 Å². The monoisotopic (exact) mass is 313 g/mol. The fourth-order valence-corrected chi connectivity index (χ4v) is 3.99. The molecule has 23 heavy (non-hydrogen) atoms. The topological polar surface area (TPSA) is 38.7 Å². The van der Waals surface area contributed by atoms with E-state index in [-0.39, 0.29) is 0 Å². The fraction of sp³-hybridized carbons (Fsp3) is 0. The molecule has 0 fully saturated rings. The van der Waals surface area contributed by atoms with Crippen molar-refractivity contribution in [1.29, 1.82) is 0 Å². The molecule has 5 aromatic rings. The third-order valence-corrected chi connectivity index (χ3v) is 5.06. The van der Waals surface area contributed by atoms with Crippen LogP contribution in [0.5, 0.6) is 0 Å². The molecule has 4 heteroatoms. The fourth-order valence-electron chi connectivity index (χ4n) is 2.97. The lowest BCUT2D eigenvalue weighted by atomic mass is 10.0. The van der Waals surface area contributed by atoms with Crippen LogP contribution in [-0.4, -0.2) is 15.0 Å². The van der Waals surface area contributed by atoms with Crippen LogP contribution in [0, 0.1) is 0 Å². The molecule has 0 spiro atoms.